The van der Waals surface area contributed by atoms with E-state index in [-0.39, 0.29) is 0 Å². The summed E-state index contributed by atoms with van der Waals surface area (Å²) in [4.78, 5) is 2.73. The first-order valence-corrected chi connectivity index (χ1v) is 9.14. The molecule has 2 nitrogen and oxygen atoms in total. The third kappa shape index (κ3) is 4.73. The Hall–Kier alpha value is -0.0800. The SMILES string of the molecule is CC(C)C1CCCN(C(CN)CC2CCCCC2)CC1. The third-order valence-corrected chi connectivity index (χ3v) is 5.87. The first kappa shape index (κ1) is 16.3. The Morgan fingerprint density at radius 2 is 1.70 bits per heavy atom. The van der Waals surface area contributed by atoms with Crippen LogP contribution in [0.5, 0.6) is 0 Å². The van der Waals surface area contributed by atoms with E-state index in [0.29, 0.717) is 6.04 Å². The minimum atomic E-state index is 0.656. The molecule has 2 aliphatic rings. The highest BCUT2D eigenvalue weighted by Crippen LogP contribution is 2.30. The van der Waals surface area contributed by atoms with Crippen LogP contribution in [0.4, 0.5) is 0 Å². The Labute approximate surface area is 126 Å². The molecule has 0 bridgehead atoms. The molecule has 2 rings (SSSR count). The number of hydrogen-bond donors (Lipinski definition) is 1. The summed E-state index contributed by atoms with van der Waals surface area (Å²) in [5, 5.41) is 0. The fraction of sp³-hybridized carbons (Fsp3) is 1.00. The van der Waals surface area contributed by atoms with Crippen LogP contribution in [-0.4, -0.2) is 30.6 Å². The maximum Gasteiger partial charge on any atom is 0.0221 e. The van der Waals surface area contributed by atoms with Gasteiger partial charge in [-0.2, -0.15) is 0 Å². The van der Waals surface area contributed by atoms with Crippen LogP contribution in [0.3, 0.4) is 0 Å². The lowest BCUT2D eigenvalue weighted by atomic mass is 9.84. The van der Waals surface area contributed by atoms with Gasteiger partial charge in [0, 0.05) is 12.6 Å². The van der Waals surface area contributed by atoms with E-state index in [1.165, 1.54) is 70.9 Å². The van der Waals surface area contributed by atoms with Crippen LogP contribution in [-0.2, 0) is 0 Å². The maximum absolute atomic E-state index is 6.12. The summed E-state index contributed by atoms with van der Waals surface area (Å²) in [6.45, 7) is 8.23. The van der Waals surface area contributed by atoms with Crippen LogP contribution in [0.1, 0.15) is 71.6 Å². The van der Waals surface area contributed by atoms with Gasteiger partial charge < -0.3 is 5.73 Å². The molecule has 2 N–H and O–H groups in total. The topological polar surface area (TPSA) is 29.3 Å². The number of rotatable bonds is 5. The van der Waals surface area contributed by atoms with Gasteiger partial charge in [0.05, 0.1) is 0 Å². The fourth-order valence-corrected chi connectivity index (χ4v) is 4.38. The van der Waals surface area contributed by atoms with Crippen molar-refractivity contribution in [2.75, 3.05) is 19.6 Å². The van der Waals surface area contributed by atoms with E-state index < -0.39 is 0 Å². The van der Waals surface area contributed by atoms with Crippen molar-refractivity contribution in [1.29, 1.82) is 0 Å². The van der Waals surface area contributed by atoms with Crippen molar-refractivity contribution < 1.29 is 0 Å². The summed E-state index contributed by atoms with van der Waals surface area (Å²) >= 11 is 0. The summed E-state index contributed by atoms with van der Waals surface area (Å²) in [6.07, 6.45) is 12.8. The van der Waals surface area contributed by atoms with E-state index in [1.807, 2.05) is 0 Å². The second kappa shape index (κ2) is 8.38. The normalized spacial score (nSPS) is 28.5. The zero-order valence-corrected chi connectivity index (χ0v) is 13.8. The maximum atomic E-state index is 6.12. The molecule has 20 heavy (non-hydrogen) atoms. The summed E-state index contributed by atoms with van der Waals surface area (Å²) < 4.78 is 0. The second-order valence-corrected chi connectivity index (χ2v) is 7.60. The van der Waals surface area contributed by atoms with E-state index in [1.54, 1.807) is 0 Å². The molecular formula is C18H36N2. The van der Waals surface area contributed by atoms with Crippen LogP contribution in [0.15, 0.2) is 0 Å². The highest BCUT2D eigenvalue weighted by Gasteiger charge is 2.26. The standard InChI is InChI=1S/C18H36N2/c1-15(2)17-9-6-11-20(12-10-17)18(14-19)13-16-7-4-3-5-8-16/h15-18H,3-14,19H2,1-2H3. The van der Waals surface area contributed by atoms with E-state index in [0.717, 1.165) is 24.3 Å². The lowest BCUT2D eigenvalue weighted by Crippen LogP contribution is -2.42. The van der Waals surface area contributed by atoms with Crippen molar-refractivity contribution in [3.63, 3.8) is 0 Å². The molecule has 118 valence electrons. The van der Waals surface area contributed by atoms with Crippen LogP contribution in [0.2, 0.25) is 0 Å². The number of hydrogen-bond acceptors (Lipinski definition) is 2. The Morgan fingerprint density at radius 3 is 2.35 bits per heavy atom. The van der Waals surface area contributed by atoms with Crippen molar-refractivity contribution in [1.82, 2.24) is 4.90 Å². The minimum absolute atomic E-state index is 0.656. The van der Waals surface area contributed by atoms with Crippen molar-refractivity contribution in [3.8, 4) is 0 Å². The Balaban J connectivity index is 1.83. The van der Waals surface area contributed by atoms with Crippen LogP contribution >= 0.6 is 0 Å². The number of nitrogens with two attached hydrogens (primary N) is 1. The molecule has 1 aliphatic carbocycles. The molecule has 2 atom stereocenters. The molecule has 0 aromatic heterocycles. The van der Waals surface area contributed by atoms with E-state index in [4.69, 9.17) is 5.73 Å². The molecule has 1 aliphatic heterocycles. The van der Waals surface area contributed by atoms with Crippen LogP contribution < -0.4 is 5.73 Å². The number of nitrogens with zero attached hydrogens (tertiary/aromatic N) is 1. The van der Waals surface area contributed by atoms with Crippen molar-refractivity contribution in [3.05, 3.63) is 0 Å². The Kier molecular flexibility index (Phi) is 6.83. The summed E-state index contributed by atoms with van der Waals surface area (Å²) in [5.74, 6) is 2.75. The highest BCUT2D eigenvalue weighted by atomic mass is 15.2. The molecule has 0 aromatic carbocycles. The van der Waals surface area contributed by atoms with Crippen LogP contribution in [0, 0.1) is 17.8 Å². The predicted molar refractivity (Wildman–Crippen MR) is 87.8 cm³/mol. The summed E-state index contributed by atoms with van der Waals surface area (Å²) in [7, 11) is 0. The highest BCUT2D eigenvalue weighted by molar-refractivity contribution is 4.81. The van der Waals surface area contributed by atoms with E-state index >= 15 is 0 Å². The van der Waals surface area contributed by atoms with Gasteiger partial charge in [0.2, 0.25) is 0 Å². The molecule has 2 unspecified atom stereocenters. The van der Waals surface area contributed by atoms with Crippen molar-refractivity contribution in [2.24, 2.45) is 23.5 Å². The third-order valence-electron chi connectivity index (χ3n) is 5.87. The average Bonchev–Trinajstić information content (AvgIpc) is 2.72. The number of likely N-dealkylation sites (tertiary alicyclic amines) is 1. The van der Waals surface area contributed by atoms with E-state index in [2.05, 4.69) is 18.7 Å². The van der Waals surface area contributed by atoms with Crippen molar-refractivity contribution >= 4 is 0 Å². The largest absolute Gasteiger partial charge is 0.329 e. The quantitative estimate of drug-likeness (QED) is 0.823. The molecule has 1 saturated carbocycles. The molecule has 0 aromatic rings. The fourth-order valence-electron chi connectivity index (χ4n) is 4.38. The average molecular weight is 280 g/mol. The van der Waals surface area contributed by atoms with Crippen LogP contribution in [0.25, 0.3) is 0 Å². The second-order valence-electron chi connectivity index (χ2n) is 7.60. The molecule has 0 amide bonds. The van der Waals surface area contributed by atoms with Gasteiger partial charge in [0.25, 0.3) is 0 Å². The first-order valence-electron chi connectivity index (χ1n) is 9.14. The van der Waals surface area contributed by atoms with Gasteiger partial charge in [0.1, 0.15) is 0 Å². The van der Waals surface area contributed by atoms with Gasteiger partial charge in [-0.3, -0.25) is 4.90 Å². The Bertz CT molecular complexity index is 258. The lowest BCUT2D eigenvalue weighted by molar-refractivity contribution is 0.161. The molecule has 1 heterocycles. The predicted octanol–water partition coefficient (Wildman–Crippen LogP) is 4.04. The minimum Gasteiger partial charge on any atom is -0.329 e. The summed E-state index contributed by atoms with van der Waals surface area (Å²) in [6, 6.07) is 0.656. The van der Waals surface area contributed by atoms with Gasteiger partial charge >= 0.3 is 0 Å². The zero-order valence-electron chi connectivity index (χ0n) is 13.8. The molecule has 2 heteroatoms. The molecule has 2 fully saturated rings. The van der Waals surface area contributed by atoms with Gasteiger partial charge in [-0.05, 0) is 56.5 Å². The monoisotopic (exact) mass is 280 g/mol. The Morgan fingerprint density at radius 1 is 0.950 bits per heavy atom. The van der Waals surface area contributed by atoms with Gasteiger partial charge in [-0.1, -0.05) is 46.0 Å². The molecule has 0 spiro atoms. The molecule has 1 saturated heterocycles. The van der Waals surface area contributed by atoms with Gasteiger partial charge in [-0.25, -0.2) is 0 Å². The first-order chi connectivity index (χ1) is 9.70. The zero-order chi connectivity index (χ0) is 14.4. The molecule has 0 radical (unpaired) electrons. The lowest BCUT2D eigenvalue weighted by Gasteiger charge is -2.34. The van der Waals surface area contributed by atoms with Crippen molar-refractivity contribution in [2.45, 2.75) is 77.7 Å². The van der Waals surface area contributed by atoms with Gasteiger partial charge in [0.15, 0.2) is 0 Å². The smallest absolute Gasteiger partial charge is 0.0221 e. The van der Waals surface area contributed by atoms with Gasteiger partial charge in [-0.15, -0.1) is 0 Å². The summed E-state index contributed by atoms with van der Waals surface area (Å²) in [5.41, 5.74) is 6.12. The molecular weight excluding hydrogens is 244 g/mol. The van der Waals surface area contributed by atoms with E-state index in [9.17, 15) is 0 Å².